The van der Waals surface area contributed by atoms with Crippen LogP contribution in [0.15, 0.2) is 72.9 Å². The van der Waals surface area contributed by atoms with Gasteiger partial charge in [-0.25, -0.2) is 9.97 Å². The average molecular weight is 441 g/mol. The molecule has 0 aliphatic rings. The third kappa shape index (κ3) is 5.77. The standard InChI is InChI=1S/C26H24N4O3/c31-24(32)12-5-4-11-22-25(18-8-2-1-3-9-18)30-21-14-13-19(16-23(21)29-22)26(33)28-17-20-10-6-7-15-27-20/h1-3,6-10,13-16H,4-5,11-12,17H2,(H,28,33)(H,31,32). The molecule has 4 rings (SSSR count). The van der Waals surface area contributed by atoms with E-state index in [1.807, 2.05) is 48.5 Å². The van der Waals surface area contributed by atoms with Crippen molar-refractivity contribution in [3.63, 3.8) is 0 Å². The molecule has 2 aromatic heterocycles. The summed E-state index contributed by atoms with van der Waals surface area (Å²) in [4.78, 5) is 37.4. The molecule has 0 aliphatic heterocycles. The monoisotopic (exact) mass is 440 g/mol. The zero-order chi connectivity index (χ0) is 23.0. The number of nitrogens with one attached hydrogen (secondary N) is 1. The highest BCUT2D eigenvalue weighted by molar-refractivity contribution is 5.97. The molecule has 4 aromatic rings. The molecule has 0 saturated heterocycles. The van der Waals surface area contributed by atoms with Crippen LogP contribution in [0.4, 0.5) is 0 Å². The Morgan fingerprint density at radius 1 is 0.879 bits per heavy atom. The minimum absolute atomic E-state index is 0.127. The number of carbonyl (C=O) groups is 2. The predicted molar refractivity (Wildman–Crippen MR) is 126 cm³/mol. The van der Waals surface area contributed by atoms with Crippen LogP contribution in [0.3, 0.4) is 0 Å². The molecule has 0 bridgehead atoms. The Balaban J connectivity index is 1.60. The van der Waals surface area contributed by atoms with Crippen molar-refractivity contribution < 1.29 is 14.7 Å². The van der Waals surface area contributed by atoms with Crippen molar-refractivity contribution >= 4 is 22.9 Å². The second kappa shape index (κ2) is 10.5. The van der Waals surface area contributed by atoms with Gasteiger partial charge in [0, 0.05) is 23.7 Å². The van der Waals surface area contributed by atoms with E-state index in [1.165, 1.54) is 0 Å². The quantitative estimate of drug-likeness (QED) is 0.373. The van der Waals surface area contributed by atoms with E-state index >= 15 is 0 Å². The molecule has 7 heteroatoms. The number of aliphatic carboxylic acids is 1. The lowest BCUT2D eigenvalue weighted by molar-refractivity contribution is -0.137. The molecule has 1 amide bonds. The third-order valence-corrected chi connectivity index (χ3v) is 5.26. The number of rotatable bonds is 9. The van der Waals surface area contributed by atoms with Crippen LogP contribution >= 0.6 is 0 Å². The third-order valence-electron chi connectivity index (χ3n) is 5.26. The number of benzene rings is 2. The van der Waals surface area contributed by atoms with Gasteiger partial charge in [0.1, 0.15) is 0 Å². The summed E-state index contributed by atoms with van der Waals surface area (Å²) in [6.07, 6.45) is 3.68. The summed E-state index contributed by atoms with van der Waals surface area (Å²) in [5.74, 6) is -1.01. The lowest BCUT2D eigenvalue weighted by Gasteiger charge is -2.11. The molecular formula is C26H24N4O3. The Morgan fingerprint density at radius 3 is 2.45 bits per heavy atom. The van der Waals surface area contributed by atoms with Crippen molar-refractivity contribution in [1.29, 1.82) is 0 Å². The molecule has 0 unspecified atom stereocenters. The predicted octanol–water partition coefficient (Wildman–Crippen LogP) is 4.42. The van der Waals surface area contributed by atoms with Crippen molar-refractivity contribution in [1.82, 2.24) is 20.3 Å². The van der Waals surface area contributed by atoms with Crippen molar-refractivity contribution in [2.75, 3.05) is 0 Å². The van der Waals surface area contributed by atoms with Crippen LogP contribution in [-0.4, -0.2) is 31.9 Å². The number of unbranched alkanes of at least 4 members (excludes halogenated alkanes) is 1. The molecule has 0 saturated carbocycles. The van der Waals surface area contributed by atoms with Gasteiger partial charge in [-0.3, -0.25) is 14.6 Å². The van der Waals surface area contributed by atoms with E-state index in [1.54, 1.807) is 24.4 Å². The molecule has 2 heterocycles. The molecule has 0 fully saturated rings. The first-order valence-corrected chi connectivity index (χ1v) is 10.9. The van der Waals surface area contributed by atoms with Gasteiger partial charge in [0.2, 0.25) is 0 Å². The topological polar surface area (TPSA) is 105 Å². The number of carboxylic acids is 1. The molecule has 33 heavy (non-hydrogen) atoms. The van der Waals surface area contributed by atoms with Gasteiger partial charge in [-0.1, -0.05) is 36.4 Å². The summed E-state index contributed by atoms with van der Waals surface area (Å²) in [6, 6.07) is 20.7. The van der Waals surface area contributed by atoms with Gasteiger partial charge in [-0.05, 0) is 49.6 Å². The van der Waals surface area contributed by atoms with Gasteiger partial charge in [0.05, 0.1) is 34.7 Å². The Labute approximate surface area is 191 Å². The Bertz CT molecular complexity index is 1260. The zero-order valence-corrected chi connectivity index (χ0v) is 18.1. The van der Waals surface area contributed by atoms with Crippen LogP contribution in [0.25, 0.3) is 22.3 Å². The summed E-state index contributed by atoms with van der Waals surface area (Å²) in [5.41, 5.74) is 5.14. The summed E-state index contributed by atoms with van der Waals surface area (Å²) in [6.45, 7) is 0.338. The number of fused-ring (bicyclic) bond motifs is 1. The molecule has 7 nitrogen and oxygen atoms in total. The van der Waals surface area contributed by atoms with Crippen LogP contribution < -0.4 is 5.32 Å². The van der Waals surface area contributed by atoms with E-state index in [0.29, 0.717) is 42.4 Å². The molecule has 2 aromatic carbocycles. The second-order valence-electron chi connectivity index (χ2n) is 7.69. The SMILES string of the molecule is O=C(O)CCCCc1nc2cc(C(=O)NCc3ccccn3)ccc2nc1-c1ccccc1. The number of hydrogen-bond acceptors (Lipinski definition) is 5. The highest BCUT2D eigenvalue weighted by atomic mass is 16.4. The summed E-state index contributed by atoms with van der Waals surface area (Å²) in [5, 5.41) is 11.8. The fourth-order valence-electron chi connectivity index (χ4n) is 3.58. The smallest absolute Gasteiger partial charge is 0.303 e. The van der Waals surface area contributed by atoms with Gasteiger partial charge in [0.25, 0.3) is 5.91 Å². The number of aryl methyl sites for hydroxylation is 1. The van der Waals surface area contributed by atoms with Crippen LogP contribution in [0.1, 0.15) is 41.0 Å². The zero-order valence-electron chi connectivity index (χ0n) is 18.1. The van der Waals surface area contributed by atoms with Gasteiger partial charge in [0.15, 0.2) is 0 Å². The van der Waals surface area contributed by atoms with E-state index in [0.717, 1.165) is 22.6 Å². The average Bonchev–Trinajstić information content (AvgIpc) is 2.85. The van der Waals surface area contributed by atoms with Crippen molar-refractivity contribution in [3.8, 4) is 11.3 Å². The second-order valence-corrected chi connectivity index (χ2v) is 7.69. The summed E-state index contributed by atoms with van der Waals surface area (Å²) >= 11 is 0. The van der Waals surface area contributed by atoms with Crippen molar-refractivity contribution in [3.05, 3.63) is 89.9 Å². The van der Waals surface area contributed by atoms with E-state index in [4.69, 9.17) is 15.1 Å². The van der Waals surface area contributed by atoms with E-state index in [2.05, 4.69) is 10.3 Å². The summed E-state index contributed by atoms with van der Waals surface area (Å²) < 4.78 is 0. The van der Waals surface area contributed by atoms with E-state index in [-0.39, 0.29) is 12.3 Å². The molecule has 0 aliphatic carbocycles. The largest absolute Gasteiger partial charge is 0.481 e. The van der Waals surface area contributed by atoms with Gasteiger partial charge in [-0.2, -0.15) is 0 Å². The fourth-order valence-corrected chi connectivity index (χ4v) is 3.58. The van der Waals surface area contributed by atoms with Crippen LogP contribution in [0, 0.1) is 0 Å². The minimum atomic E-state index is -0.802. The molecule has 0 spiro atoms. The Kier molecular flexibility index (Phi) is 6.99. The summed E-state index contributed by atoms with van der Waals surface area (Å²) in [7, 11) is 0. The van der Waals surface area contributed by atoms with E-state index in [9.17, 15) is 9.59 Å². The lowest BCUT2D eigenvalue weighted by Crippen LogP contribution is -2.23. The fraction of sp³-hybridized carbons (Fsp3) is 0.192. The number of nitrogens with zero attached hydrogens (tertiary/aromatic N) is 3. The highest BCUT2D eigenvalue weighted by Crippen LogP contribution is 2.25. The van der Waals surface area contributed by atoms with Gasteiger partial charge >= 0.3 is 5.97 Å². The maximum absolute atomic E-state index is 12.7. The number of carboxylic acid groups (broad SMARTS) is 1. The number of aromatic nitrogens is 3. The van der Waals surface area contributed by atoms with Gasteiger partial charge < -0.3 is 10.4 Å². The molecule has 0 atom stereocenters. The van der Waals surface area contributed by atoms with Gasteiger partial charge in [-0.15, -0.1) is 0 Å². The number of carbonyl (C=O) groups excluding carboxylic acids is 1. The molecule has 166 valence electrons. The number of pyridine rings is 1. The molecule has 0 radical (unpaired) electrons. The molecule has 2 N–H and O–H groups in total. The Morgan fingerprint density at radius 2 is 1.70 bits per heavy atom. The Hall–Kier alpha value is -4.13. The van der Waals surface area contributed by atoms with Crippen LogP contribution in [0.2, 0.25) is 0 Å². The van der Waals surface area contributed by atoms with Crippen molar-refractivity contribution in [2.24, 2.45) is 0 Å². The van der Waals surface area contributed by atoms with E-state index < -0.39 is 5.97 Å². The maximum Gasteiger partial charge on any atom is 0.303 e. The first-order valence-electron chi connectivity index (χ1n) is 10.9. The molecular weight excluding hydrogens is 416 g/mol. The highest BCUT2D eigenvalue weighted by Gasteiger charge is 2.14. The maximum atomic E-state index is 12.7. The van der Waals surface area contributed by atoms with Crippen LogP contribution in [-0.2, 0) is 17.8 Å². The first kappa shape index (κ1) is 22.1. The first-order chi connectivity index (χ1) is 16.1. The number of hydrogen-bond donors (Lipinski definition) is 2. The lowest BCUT2D eigenvalue weighted by atomic mass is 10.0. The van der Waals surface area contributed by atoms with Crippen molar-refractivity contribution in [2.45, 2.75) is 32.2 Å². The minimum Gasteiger partial charge on any atom is -0.481 e. The van der Waals surface area contributed by atoms with Crippen LogP contribution in [0.5, 0.6) is 0 Å². The normalized spacial score (nSPS) is 10.8. The number of amides is 1.